The molecule has 2 aliphatic rings. The number of nitrogens with one attached hydrogen (secondary N) is 2. The van der Waals surface area contributed by atoms with Gasteiger partial charge in [-0.25, -0.2) is 4.98 Å². The molecule has 2 aliphatic heterocycles. The molecule has 2 N–H and O–H groups in total. The molecule has 4 heterocycles. The lowest BCUT2D eigenvalue weighted by molar-refractivity contribution is -0.132. The summed E-state index contributed by atoms with van der Waals surface area (Å²) in [5.74, 6) is 1.02. The predicted molar refractivity (Wildman–Crippen MR) is 125 cm³/mol. The van der Waals surface area contributed by atoms with Crippen LogP contribution in [0.15, 0.2) is 46.7 Å². The number of benzene rings is 1. The van der Waals surface area contributed by atoms with Crippen molar-refractivity contribution < 1.29 is 19.1 Å². The molecule has 176 valence electrons. The number of nitrogens with zero attached hydrogens (tertiary/aromatic N) is 3. The number of hydrogen-bond acceptors (Lipinski definition) is 8. The number of amides is 2. The Morgan fingerprint density at radius 1 is 1.12 bits per heavy atom. The Labute approximate surface area is 199 Å². The number of aromatic amines is 1. The number of carbonyl (C=O) groups excluding carboxylic acids is 2. The van der Waals surface area contributed by atoms with Gasteiger partial charge in [0.1, 0.15) is 5.56 Å². The van der Waals surface area contributed by atoms with E-state index in [0.29, 0.717) is 23.9 Å². The Morgan fingerprint density at radius 3 is 2.76 bits per heavy atom. The number of H-pyrrole nitrogens is 1. The van der Waals surface area contributed by atoms with Crippen LogP contribution in [0.25, 0.3) is 0 Å². The van der Waals surface area contributed by atoms with Crippen LogP contribution in [0.1, 0.15) is 21.6 Å². The van der Waals surface area contributed by atoms with Crippen molar-refractivity contribution in [2.75, 3.05) is 38.3 Å². The summed E-state index contributed by atoms with van der Waals surface area (Å²) < 4.78 is 10.8. The lowest BCUT2D eigenvalue weighted by Crippen LogP contribution is -2.48. The Balaban J connectivity index is 1.10. The Bertz CT molecular complexity index is 1260. The molecule has 34 heavy (non-hydrogen) atoms. The number of piperazine rings is 1. The molecule has 0 unspecified atom stereocenters. The number of thiazole rings is 1. The van der Waals surface area contributed by atoms with Crippen molar-refractivity contribution in [3.05, 3.63) is 69.1 Å². The maximum Gasteiger partial charge on any atom is 0.263 e. The summed E-state index contributed by atoms with van der Waals surface area (Å²) in [6.07, 6.45) is 1.63. The third-order valence-corrected chi connectivity index (χ3v) is 6.54. The van der Waals surface area contributed by atoms with Gasteiger partial charge in [-0.15, -0.1) is 11.3 Å². The van der Waals surface area contributed by atoms with Gasteiger partial charge in [-0.3, -0.25) is 24.6 Å². The van der Waals surface area contributed by atoms with E-state index >= 15 is 0 Å². The van der Waals surface area contributed by atoms with Crippen molar-refractivity contribution in [3.63, 3.8) is 0 Å². The molecule has 10 nitrogen and oxygen atoms in total. The minimum atomic E-state index is -0.535. The van der Waals surface area contributed by atoms with Gasteiger partial charge in [0.05, 0.1) is 12.1 Å². The Hall–Kier alpha value is -3.70. The number of ether oxygens (including phenoxy) is 2. The standard InChI is InChI=1S/C23H23N5O5S/c29-20(11-16-13-34-23(25-16)26-22(31)17-2-1-5-24-21(17)30)28-8-6-27(7-9-28)12-15-3-4-18-19(10-15)33-14-32-18/h1-5,10,13H,6-9,11-12,14H2,(H,24,30)(H,25,26,31). The Morgan fingerprint density at radius 2 is 1.94 bits per heavy atom. The molecule has 2 amide bonds. The van der Waals surface area contributed by atoms with Crippen molar-refractivity contribution in [2.24, 2.45) is 0 Å². The highest BCUT2D eigenvalue weighted by Gasteiger charge is 2.23. The molecular formula is C23H23N5O5S. The van der Waals surface area contributed by atoms with E-state index in [0.717, 1.165) is 36.7 Å². The fourth-order valence-electron chi connectivity index (χ4n) is 3.93. The molecule has 0 bridgehead atoms. The minimum absolute atomic E-state index is 0.00501. The zero-order chi connectivity index (χ0) is 23.5. The van der Waals surface area contributed by atoms with Crippen LogP contribution in [0.5, 0.6) is 11.5 Å². The molecule has 1 fully saturated rings. The largest absolute Gasteiger partial charge is 0.454 e. The number of fused-ring (bicyclic) bond motifs is 1. The number of pyridine rings is 1. The van der Waals surface area contributed by atoms with Gasteiger partial charge in [-0.05, 0) is 29.8 Å². The van der Waals surface area contributed by atoms with Crippen LogP contribution in [-0.4, -0.2) is 64.6 Å². The van der Waals surface area contributed by atoms with E-state index in [1.54, 1.807) is 11.4 Å². The summed E-state index contributed by atoms with van der Waals surface area (Å²) >= 11 is 1.22. The number of aromatic nitrogens is 2. The first kappa shape index (κ1) is 22.1. The van der Waals surface area contributed by atoms with Gasteiger partial charge in [-0.2, -0.15) is 0 Å². The second kappa shape index (κ2) is 9.65. The van der Waals surface area contributed by atoms with Crippen molar-refractivity contribution >= 4 is 28.3 Å². The fourth-order valence-corrected chi connectivity index (χ4v) is 4.64. The highest BCUT2D eigenvalue weighted by atomic mass is 32.1. The average Bonchev–Trinajstić information content (AvgIpc) is 3.48. The number of rotatable bonds is 6. The van der Waals surface area contributed by atoms with Crippen molar-refractivity contribution in [1.82, 2.24) is 19.8 Å². The molecule has 0 atom stereocenters. The number of anilines is 1. The van der Waals surface area contributed by atoms with E-state index in [2.05, 4.69) is 20.2 Å². The van der Waals surface area contributed by atoms with E-state index in [4.69, 9.17) is 9.47 Å². The SMILES string of the molecule is O=C(Nc1nc(CC(=O)N2CCN(Cc3ccc4c(c3)OCO4)CC2)cs1)c1ccc[nH]c1=O. The molecule has 2 aromatic heterocycles. The summed E-state index contributed by atoms with van der Waals surface area (Å²) in [6.45, 7) is 3.91. The molecular weight excluding hydrogens is 458 g/mol. The molecule has 0 spiro atoms. The molecule has 0 aliphatic carbocycles. The highest BCUT2D eigenvalue weighted by Crippen LogP contribution is 2.32. The molecule has 5 rings (SSSR count). The number of carbonyl (C=O) groups is 2. The molecule has 1 aromatic carbocycles. The monoisotopic (exact) mass is 481 g/mol. The summed E-state index contributed by atoms with van der Waals surface area (Å²) in [6, 6.07) is 9.00. The summed E-state index contributed by atoms with van der Waals surface area (Å²) in [5.41, 5.74) is 1.28. The Kier molecular flexibility index (Phi) is 6.28. The second-order valence-corrected chi connectivity index (χ2v) is 8.89. The first-order chi connectivity index (χ1) is 16.5. The first-order valence-corrected chi connectivity index (χ1v) is 11.8. The van der Waals surface area contributed by atoms with Gasteiger partial charge in [0, 0.05) is 44.3 Å². The maximum absolute atomic E-state index is 12.8. The summed E-state index contributed by atoms with van der Waals surface area (Å²) in [7, 11) is 0. The van der Waals surface area contributed by atoms with Crippen molar-refractivity contribution in [1.29, 1.82) is 0 Å². The van der Waals surface area contributed by atoms with Crippen LogP contribution in [0.4, 0.5) is 5.13 Å². The van der Waals surface area contributed by atoms with E-state index in [-0.39, 0.29) is 24.7 Å². The minimum Gasteiger partial charge on any atom is -0.454 e. The molecule has 3 aromatic rings. The lowest BCUT2D eigenvalue weighted by Gasteiger charge is -2.34. The van der Waals surface area contributed by atoms with E-state index in [1.807, 2.05) is 23.1 Å². The molecule has 0 saturated carbocycles. The van der Waals surface area contributed by atoms with Crippen LogP contribution < -0.4 is 20.3 Å². The quantitative estimate of drug-likeness (QED) is 0.550. The van der Waals surface area contributed by atoms with Gasteiger partial charge in [0.2, 0.25) is 12.7 Å². The summed E-state index contributed by atoms with van der Waals surface area (Å²) in [5, 5.41) is 4.72. The maximum atomic E-state index is 12.8. The normalized spacial score (nSPS) is 15.4. The van der Waals surface area contributed by atoms with Gasteiger partial charge >= 0.3 is 0 Å². The van der Waals surface area contributed by atoms with Crippen molar-refractivity contribution in [3.8, 4) is 11.5 Å². The topological polar surface area (TPSA) is 117 Å². The molecule has 0 radical (unpaired) electrons. The van der Waals surface area contributed by atoms with Crippen molar-refractivity contribution in [2.45, 2.75) is 13.0 Å². The van der Waals surface area contributed by atoms with Crippen LogP contribution in [0.2, 0.25) is 0 Å². The van der Waals surface area contributed by atoms with Gasteiger partial charge in [0.15, 0.2) is 16.6 Å². The second-order valence-electron chi connectivity index (χ2n) is 8.03. The zero-order valence-electron chi connectivity index (χ0n) is 18.3. The number of hydrogen-bond donors (Lipinski definition) is 2. The average molecular weight is 482 g/mol. The lowest BCUT2D eigenvalue weighted by atomic mass is 10.1. The van der Waals surface area contributed by atoms with Crippen LogP contribution in [0.3, 0.4) is 0 Å². The van der Waals surface area contributed by atoms with E-state index in [1.165, 1.54) is 23.6 Å². The fraction of sp³-hybridized carbons (Fsp3) is 0.304. The third kappa shape index (κ3) is 4.95. The van der Waals surface area contributed by atoms with Crippen LogP contribution in [-0.2, 0) is 17.8 Å². The zero-order valence-corrected chi connectivity index (χ0v) is 19.1. The third-order valence-electron chi connectivity index (χ3n) is 5.74. The van der Waals surface area contributed by atoms with Gasteiger partial charge in [0.25, 0.3) is 11.5 Å². The summed E-state index contributed by atoms with van der Waals surface area (Å²) in [4.78, 5) is 47.7. The van der Waals surface area contributed by atoms with E-state index in [9.17, 15) is 14.4 Å². The first-order valence-electron chi connectivity index (χ1n) is 10.9. The molecule has 1 saturated heterocycles. The highest BCUT2D eigenvalue weighted by molar-refractivity contribution is 7.14. The van der Waals surface area contributed by atoms with Crippen LogP contribution in [0, 0.1) is 0 Å². The van der Waals surface area contributed by atoms with Gasteiger partial charge in [-0.1, -0.05) is 6.07 Å². The smallest absolute Gasteiger partial charge is 0.263 e. The van der Waals surface area contributed by atoms with Crippen LogP contribution >= 0.6 is 11.3 Å². The van der Waals surface area contributed by atoms with Gasteiger partial charge < -0.3 is 19.4 Å². The predicted octanol–water partition coefficient (Wildman–Crippen LogP) is 1.70. The van der Waals surface area contributed by atoms with E-state index < -0.39 is 11.5 Å². The molecule has 11 heteroatoms.